The fraction of sp³-hybridized carbons (Fsp3) is 0.571. The van der Waals surface area contributed by atoms with Crippen molar-refractivity contribution in [2.75, 3.05) is 13.7 Å². The minimum atomic E-state index is -0.502. The molecule has 4 atom stereocenters. The topological polar surface area (TPSA) is 140 Å². The van der Waals surface area contributed by atoms with Crippen molar-refractivity contribution >= 4 is 17.5 Å². The predicted molar refractivity (Wildman–Crippen MR) is 140 cm³/mol. The normalized spacial score (nSPS) is 21.1. The number of esters is 2. The average Bonchev–Trinajstić information content (AvgIpc) is 2.83. The lowest BCUT2D eigenvalue weighted by molar-refractivity contribution is -0.154. The number of aliphatic hydroxyl groups is 1. The van der Waals surface area contributed by atoms with Crippen LogP contribution in [0.1, 0.15) is 69.9 Å². The lowest BCUT2D eigenvalue weighted by atomic mass is 9.82. The molecule has 0 spiro atoms. The first-order valence-electron chi connectivity index (χ1n) is 13.0. The Balaban J connectivity index is 1.81. The third kappa shape index (κ3) is 8.42. The van der Waals surface area contributed by atoms with Gasteiger partial charge in [0, 0.05) is 26.8 Å². The molecule has 3 rings (SSSR count). The van der Waals surface area contributed by atoms with Crippen LogP contribution >= 0.6 is 0 Å². The number of hydrogen-bond acceptors (Lipinski definition) is 9. The second-order valence-corrected chi connectivity index (χ2v) is 9.91. The van der Waals surface area contributed by atoms with E-state index in [1.807, 2.05) is 12.2 Å². The van der Waals surface area contributed by atoms with Gasteiger partial charge in [-0.15, -0.1) is 0 Å². The van der Waals surface area contributed by atoms with Gasteiger partial charge in [0.1, 0.15) is 12.2 Å². The highest BCUT2D eigenvalue weighted by atomic mass is 16.6. The summed E-state index contributed by atoms with van der Waals surface area (Å²) in [5.74, 6) is 0.136. The monoisotopic (exact) mass is 516 g/mol. The van der Waals surface area contributed by atoms with Gasteiger partial charge in [-0.25, -0.2) is 0 Å². The molecule has 9 heteroatoms. The molecule has 0 saturated heterocycles. The number of rotatable bonds is 11. The molecule has 1 aliphatic carbocycles. The van der Waals surface area contributed by atoms with Crippen molar-refractivity contribution in [1.82, 2.24) is 5.32 Å². The summed E-state index contributed by atoms with van der Waals surface area (Å²) in [4.78, 5) is 23.8. The number of nitrogens with two attached hydrogens (primary N) is 1. The molecule has 37 heavy (non-hydrogen) atoms. The summed E-state index contributed by atoms with van der Waals surface area (Å²) in [5.41, 5.74) is 8.55. The van der Waals surface area contributed by atoms with Crippen LogP contribution in [0.2, 0.25) is 0 Å². The number of phenols is 1. The van der Waals surface area contributed by atoms with Gasteiger partial charge in [0.15, 0.2) is 11.5 Å². The number of dihydropyridines is 1. The molecule has 1 aromatic rings. The molecule has 1 saturated carbocycles. The lowest BCUT2D eigenvalue weighted by Crippen LogP contribution is -2.33. The Morgan fingerprint density at radius 1 is 1.14 bits per heavy atom. The van der Waals surface area contributed by atoms with E-state index in [-0.39, 0.29) is 11.7 Å². The van der Waals surface area contributed by atoms with Crippen LogP contribution in [0.3, 0.4) is 0 Å². The second kappa shape index (κ2) is 13.4. The molecule has 0 amide bonds. The van der Waals surface area contributed by atoms with Crippen molar-refractivity contribution in [2.24, 2.45) is 11.7 Å². The first-order chi connectivity index (χ1) is 17.7. The number of aliphatic hydroxyl groups excluding tert-OH is 1. The molecule has 204 valence electrons. The van der Waals surface area contributed by atoms with E-state index in [1.54, 1.807) is 12.1 Å². The number of carbonyl (C=O) groups is 2. The SMILES string of the molecule is COc1cc(CCC(CC(CC2CCCCC2O)OC(C)=O)OC(C)=O)c(C2=CCNC(N)=C2)cc1O. The maximum atomic E-state index is 11.9. The number of ether oxygens (including phenoxy) is 3. The number of carbonyl (C=O) groups excluding carboxylic acids is 2. The first kappa shape index (κ1) is 28.4. The lowest BCUT2D eigenvalue weighted by Gasteiger charge is -2.32. The molecule has 4 unspecified atom stereocenters. The molecule has 1 heterocycles. The van der Waals surface area contributed by atoms with Crippen molar-refractivity contribution in [3.05, 3.63) is 41.2 Å². The van der Waals surface area contributed by atoms with E-state index < -0.39 is 30.3 Å². The third-order valence-electron chi connectivity index (χ3n) is 7.02. The summed E-state index contributed by atoms with van der Waals surface area (Å²) in [7, 11) is 1.49. The van der Waals surface area contributed by atoms with Crippen molar-refractivity contribution in [2.45, 2.75) is 83.5 Å². The van der Waals surface area contributed by atoms with Crippen LogP contribution in [0, 0.1) is 5.92 Å². The quantitative estimate of drug-likeness (QED) is 0.326. The van der Waals surface area contributed by atoms with Crippen LogP contribution in [0.5, 0.6) is 11.5 Å². The van der Waals surface area contributed by atoms with Gasteiger partial charge in [-0.3, -0.25) is 9.59 Å². The van der Waals surface area contributed by atoms with E-state index >= 15 is 0 Å². The van der Waals surface area contributed by atoms with Gasteiger partial charge in [0.05, 0.1) is 19.0 Å². The van der Waals surface area contributed by atoms with Gasteiger partial charge in [-0.1, -0.05) is 18.9 Å². The molecular formula is C28H40N2O7. The number of aromatic hydroxyl groups is 1. The molecule has 5 N–H and O–H groups in total. The summed E-state index contributed by atoms with van der Waals surface area (Å²) < 4.78 is 16.6. The molecule has 1 aliphatic heterocycles. The van der Waals surface area contributed by atoms with Crippen LogP contribution < -0.4 is 15.8 Å². The fourth-order valence-electron chi connectivity index (χ4n) is 5.29. The van der Waals surface area contributed by atoms with E-state index in [0.29, 0.717) is 43.8 Å². The number of benzene rings is 1. The van der Waals surface area contributed by atoms with Gasteiger partial charge in [-0.05, 0) is 72.9 Å². The molecule has 1 fully saturated rings. The Bertz CT molecular complexity index is 1020. The van der Waals surface area contributed by atoms with E-state index in [1.165, 1.54) is 21.0 Å². The molecule has 0 bridgehead atoms. The molecule has 0 radical (unpaired) electrons. The van der Waals surface area contributed by atoms with E-state index in [9.17, 15) is 19.8 Å². The Morgan fingerprint density at radius 2 is 1.84 bits per heavy atom. The van der Waals surface area contributed by atoms with E-state index in [4.69, 9.17) is 19.9 Å². The Labute approximate surface area is 218 Å². The molecular weight excluding hydrogens is 476 g/mol. The summed E-state index contributed by atoms with van der Waals surface area (Å²) in [6.07, 6.45) is 7.93. The molecule has 9 nitrogen and oxygen atoms in total. The number of nitrogens with one attached hydrogen (secondary N) is 1. The second-order valence-electron chi connectivity index (χ2n) is 9.91. The highest BCUT2D eigenvalue weighted by Gasteiger charge is 2.30. The Hall–Kier alpha value is -3.20. The van der Waals surface area contributed by atoms with Crippen molar-refractivity contribution in [1.29, 1.82) is 0 Å². The zero-order chi connectivity index (χ0) is 26.9. The van der Waals surface area contributed by atoms with Gasteiger partial charge in [0.2, 0.25) is 0 Å². The zero-order valence-corrected chi connectivity index (χ0v) is 22.0. The summed E-state index contributed by atoms with van der Waals surface area (Å²) in [6.45, 7) is 3.30. The minimum Gasteiger partial charge on any atom is -0.504 e. The van der Waals surface area contributed by atoms with Gasteiger partial charge in [-0.2, -0.15) is 0 Å². The van der Waals surface area contributed by atoms with Gasteiger partial charge < -0.3 is 35.5 Å². The fourth-order valence-corrected chi connectivity index (χ4v) is 5.29. The Kier molecular flexibility index (Phi) is 10.3. The summed E-state index contributed by atoms with van der Waals surface area (Å²) in [6, 6.07) is 3.44. The van der Waals surface area contributed by atoms with Crippen LogP contribution in [0.15, 0.2) is 30.1 Å². The predicted octanol–water partition coefficient (Wildman–Crippen LogP) is 3.31. The van der Waals surface area contributed by atoms with Crippen molar-refractivity contribution in [3.63, 3.8) is 0 Å². The number of allylic oxidation sites excluding steroid dienone is 2. The molecule has 2 aliphatic rings. The summed E-state index contributed by atoms with van der Waals surface area (Å²) >= 11 is 0. The van der Waals surface area contributed by atoms with Gasteiger partial charge in [0.25, 0.3) is 0 Å². The number of phenolic OH excluding ortho intramolecular Hbond substituents is 1. The highest BCUT2D eigenvalue weighted by molar-refractivity contribution is 5.79. The maximum absolute atomic E-state index is 11.9. The molecule has 1 aromatic carbocycles. The van der Waals surface area contributed by atoms with Crippen molar-refractivity contribution < 1.29 is 34.0 Å². The standard InChI is InChI=1S/C28H40N2O7/c1-17(31)36-22(15-23(37-18(2)32)12-21-6-4-5-7-25(21)33)9-8-19-13-27(35-3)26(34)16-24(19)20-10-11-30-28(29)14-20/h10,13-14,16,21-23,25,30,33-34H,4-9,11-12,15,29H2,1-3H3. The minimum absolute atomic E-state index is 0.0187. The Morgan fingerprint density at radius 3 is 2.49 bits per heavy atom. The number of hydrogen-bond donors (Lipinski definition) is 4. The average molecular weight is 517 g/mol. The number of aryl methyl sites for hydroxylation is 1. The smallest absolute Gasteiger partial charge is 0.302 e. The van der Waals surface area contributed by atoms with Crippen LogP contribution in [0.25, 0.3) is 5.57 Å². The van der Waals surface area contributed by atoms with E-state index in [0.717, 1.165) is 42.4 Å². The number of methoxy groups -OCH3 is 1. The van der Waals surface area contributed by atoms with Crippen LogP contribution in [-0.4, -0.2) is 54.1 Å². The first-order valence-corrected chi connectivity index (χ1v) is 13.0. The zero-order valence-electron chi connectivity index (χ0n) is 22.0. The van der Waals surface area contributed by atoms with Crippen LogP contribution in [-0.2, 0) is 25.5 Å². The van der Waals surface area contributed by atoms with Crippen molar-refractivity contribution in [3.8, 4) is 11.5 Å². The highest BCUT2D eigenvalue weighted by Crippen LogP contribution is 2.35. The van der Waals surface area contributed by atoms with Gasteiger partial charge >= 0.3 is 11.9 Å². The molecule has 0 aromatic heterocycles. The van der Waals surface area contributed by atoms with Crippen LogP contribution in [0.4, 0.5) is 0 Å². The largest absolute Gasteiger partial charge is 0.504 e. The van der Waals surface area contributed by atoms with E-state index in [2.05, 4.69) is 5.32 Å². The maximum Gasteiger partial charge on any atom is 0.302 e. The summed E-state index contributed by atoms with van der Waals surface area (Å²) in [5, 5.41) is 23.9. The third-order valence-corrected chi connectivity index (χ3v) is 7.02.